The monoisotopic (exact) mass is 233 g/mol. The summed E-state index contributed by atoms with van der Waals surface area (Å²) in [5.74, 6) is 1.18. The summed E-state index contributed by atoms with van der Waals surface area (Å²) in [6.45, 7) is 3.56. The van der Waals surface area contributed by atoms with E-state index in [4.69, 9.17) is 4.74 Å². The van der Waals surface area contributed by atoms with Crippen molar-refractivity contribution < 1.29 is 9.53 Å². The zero-order chi connectivity index (χ0) is 12.1. The van der Waals surface area contributed by atoms with E-state index in [-0.39, 0.29) is 12.0 Å². The maximum atomic E-state index is 11.5. The van der Waals surface area contributed by atoms with Crippen molar-refractivity contribution in [2.75, 3.05) is 13.1 Å². The van der Waals surface area contributed by atoms with E-state index in [1.165, 1.54) is 0 Å². The number of amides is 1. The first-order chi connectivity index (χ1) is 8.29. The highest BCUT2D eigenvalue weighted by Crippen LogP contribution is 2.18. The number of carbonyl (C=O) groups excluding carboxylic acids is 1. The molecule has 0 atom stereocenters. The molecule has 3 nitrogen and oxygen atoms in total. The van der Waals surface area contributed by atoms with Crippen molar-refractivity contribution in [2.24, 2.45) is 0 Å². The Bertz CT molecular complexity index is 356. The standard InChI is InChI=1S/C14H19NO2/c1-2-14(16)15-10-8-13(9-11-15)17-12-6-4-3-5-7-12/h3-7,13H,2,8-11H2,1H3. The van der Waals surface area contributed by atoms with Crippen LogP contribution in [-0.4, -0.2) is 30.0 Å². The van der Waals surface area contributed by atoms with Crippen molar-refractivity contribution in [2.45, 2.75) is 32.3 Å². The number of carbonyl (C=O) groups is 1. The molecule has 0 N–H and O–H groups in total. The van der Waals surface area contributed by atoms with Gasteiger partial charge < -0.3 is 9.64 Å². The lowest BCUT2D eigenvalue weighted by atomic mass is 10.1. The maximum Gasteiger partial charge on any atom is 0.222 e. The topological polar surface area (TPSA) is 29.5 Å². The van der Waals surface area contributed by atoms with Crippen LogP contribution in [0.25, 0.3) is 0 Å². The fourth-order valence-corrected chi connectivity index (χ4v) is 2.14. The van der Waals surface area contributed by atoms with Crippen molar-refractivity contribution in [3.05, 3.63) is 30.3 Å². The summed E-state index contributed by atoms with van der Waals surface area (Å²) >= 11 is 0. The number of para-hydroxylation sites is 1. The molecule has 17 heavy (non-hydrogen) atoms. The van der Waals surface area contributed by atoms with E-state index in [2.05, 4.69) is 0 Å². The maximum absolute atomic E-state index is 11.5. The van der Waals surface area contributed by atoms with E-state index in [0.717, 1.165) is 31.7 Å². The van der Waals surface area contributed by atoms with E-state index in [9.17, 15) is 4.79 Å². The fraction of sp³-hybridized carbons (Fsp3) is 0.500. The van der Waals surface area contributed by atoms with Gasteiger partial charge in [0.2, 0.25) is 5.91 Å². The van der Waals surface area contributed by atoms with E-state index >= 15 is 0 Å². The Balaban J connectivity index is 1.82. The number of hydrogen-bond donors (Lipinski definition) is 0. The Hall–Kier alpha value is -1.51. The van der Waals surface area contributed by atoms with Crippen LogP contribution in [0.15, 0.2) is 30.3 Å². The van der Waals surface area contributed by atoms with Crippen LogP contribution in [0.3, 0.4) is 0 Å². The lowest BCUT2D eigenvalue weighted by Crippen LogP contribution is -2.41. The van der Waals surface area contributed by atoms with Crippen molar-refractivity contribution in [1.82, 2.24) is 4.90 Å². The Labute approximate surface area is 102 Å². The third kappa shape index (κ3) is 3.22. The molecule has 1 fully saturated rings. The van der Waals surface area contributed by atoms with E-state index in [0.29, 0.717) is 6.42 Å². The van der Waals surface area contributed by atoms with Crippen molar-refractivity contribution in [3.63, 3.8) is 0 Å². The number of rotatable bonds is 3. The highest BCUT2D eigenvalue weighted by Gasteiger charge is 2.22. The van der Waals surface area contributed by atoms with Crippen molar-refractivity contribution in [1.29, 1.82) is 0 Å². The Kier molecular flexibility index (Phi) is 4.02. The first kappa shape index (κ1) is 12.0. The average Bonchev–Trinajstić information content (AvgIpc) is 2.40. The van der Waals surface area contributed by atoms with Gasteiger partial charge in [-0.2, -0.15) is 0 Å². The SMILES string of the molecule is CCC(=O)N1CCC(Oc2ccccc2)CC1. The number of ether oxygens (including phenoxy) is 1. The molecule has 0 aromatic heterocycles. The highest BCUT2D eigenvalue weighted by atomic mass is 16.5. The van der Waals surface area contributed by atoms with E-state index in [1.54, 1.807) is 0 Å². The zero-order valence-electron chi connectivity index (χ0n) is 10.3. The molecule has 1 aliphatic heterocycles. The second kappa shape index (κ2) is 5.71. The Morgan fingerprint density at radius 2 is 1.94 bits per heavy atom. The summed E-state index contributed by atoms with van der Waals surface area (Å²) in [6.07, 6.45) is 2.71. The van der Waals surface area contributed by atoms with Gasteiger partial charge in [-0.05, 0) is 12.1 Å². The second-order valence-electron chi connectivity index (χ2n) is 4.36. The van der Waals surface area contributed by atoms with Crippen molar-refractivity contribution >= 4 is 5.91 Å². The van der Waals surface area contributed by atoms with Crippen LogP contribution >= 0.6 is 0 Å². The zero-order valence-corrected chi connectivity index (χ0v) is 10.3. The summed E-state index contributed by atoms with van der Waals surface area (Å²) in [5, 5.41) is 0. The van der Waals surface area contributed by atoms with Crippen LogP contribution in [0.4, 0.5) is 0 Å². The highest BCUT2D eigenvalue weighted by molar-refractivity contribution is 5.75. The van der Waals surface area contributed by atoms with Crippen LogP contribution in [0.5, 0.6) is 5.75 Å². The van der Waals surface area contributed by atoms with Gasteiger partial charge in [0, 0.05) is 32.4 Å². The molecule has 1 heterocycles. The average molecular weight is 233 g/mol. The molecule has 1 aromatic carbocycles. The molecule has 1 amide bonds. The third-order valence-corrected chi connectivity index (χ3v) is 3.14. The van der Waals surface area contributed by atoms with Crippen LogP contribution in [0.1, 0.15) is 26.2 Å². The molecular weight excluding hydrogens is 214 g/mol. The molecule has 0 radical (unpaired) electrons. The van der Waals surface area contributed by atoms with E-state index in [1.807, 2.05) is 42.2 Å². The molecule has 1 aliphatic rings. The predicted octanol–water partition coefficient (Wildman–Crippen LogP) is 2.47. The predicted molar refractivity (Wildman–Crippen MR) is 67.0 cm³/mol. The van der Waals surface area contributed by atoms with E-state index < -0.39 is 0 Å². The molecule has 92 valence electrons. The normalized spacial score (nSPS) is 16.9. The molecular formula is C14H19NO2. The first-order valence-electron chi connectivity index (χ1n) is 6.29. The summed E-state index contributed by atoms with van der Waals surface area (Å²) in [6, 6.07) is 9.89. The van der Waals surface area contributed by atoms with Gasteiger partial charge in [-0.15, -0.1) is 0 Å². The molecule has 0 bridgehead atoms. The van der Waals surface area contributed by atoms with Gasteiger partial charge in [0.05, 0.1) is 0 Å². The molecule has 1 aromatic rings. The summed E-state index contributed by atoms with van der Waals surface area (Å²) < 4.78 is 5.88. The van der Waals surface area contributed by atoms with Gasteiger partial charge in [0.1, 0.15) is 11.9 Å². The smallest absolute Gasteiger partial charge is 0.222 e. The molecule has 2 rings (SSSR count). The van der Waals surface area contributed by atoms with Crippen LogP contribution in [0, 0.1) is 0 Å². The van der Waals surface area contributed by atoms with Gasteiger partial charge in [0.25, 0.3) is 0 Å². The minimum Gasteiger partial charge on any atom is -0.490 e. The molecule has 3 heteroatoms. The lowest BCUT2D eigenvalue weighted by molar-refractivity contribution is -0.132. The molecule has 0 saturated carbocycles. The number of hydrogen-bond acceptors (Lipinski definition) is 2. The number of likely N-dealkylation sites (tertiary alicyclic amines) is 1. The minimum absolute atomic E-state index is 0.248. The quantitative estimate of drug-likeness (QED) is 0.802. The largest absolute Gasteiger partial charge is 0.490 e. The van der Waals surface area contributed by atoms with Crippen molar-refractivity contribution in [3.8, 4) is 5.75 Å². The summed E-state index contributed by atoms with van der Waals surface area (Å²) in [7, 11) is 0. The lowest BCUT2D eigenvalue weighted by Gasteiger charge is -2.32. The number of benzene rings is 1. The van der Waals surface area contributed by atoms with Gasteiger partial charge in [-0.25, -0.2) is 0 Å². The molecule has 1 saturated heterocycles. The van der Waals surface area contributed by atoms with Crippen LogP contribution in [0.2, 0.25) is 0 Å². The van der Waals surface area contributed by atoms with Crippen LogP contribution < -0.4 is 4.74 Å². The number of nitrogens with zero attached hydrogens (tertiary/aromatic N) is 1. The third-order valence-electron chi connectivity index (χ3n) is 3.14. The summed E-state index contributed by atoms with van der Waals surface area (Å²) in [4.78, 5) is 13.5. The molecule has 0 spiro atoms. The van der Waals surface area contributed by atoms with Gasteiger partial charge in [-0.3, -0.25) is 4.79 Å². The van der Waals surface area contributed by atoms with Gasteiger partial charge >= 0.3 is 0 Å². The minimum atomic E-state index is 0.248. The molecule has 0 aliphatic carbocycles. The van der Waals surface area contributed by atoms with Crippen LogP contribution in [-0.2, 0) is 4.79 Å². The Morgan fingerprint density at radius 3 is 2.53 bits per heavy atom. The summed E-state index contributed by atoms with van der Waals surface area (Å²) in [5.41, 5.74) is 0. The Morgan fingerprint density at radius 1 is 1.29 bits per heavy atom. The number of piperidine rings is 1. The second-order valence-corrected chi connectivity index (χ2v) is 4.36. The fourth-order valence-electron chi connectivity index (χ4n) is 2.14. The van der Waals surface area contributed by atoms with Gasteiger partial charge in [-0.1, -0.05) is 25.1 Å². The first-order valence-corrected chi connectivity index (χ1v) is 6.29. The van der Waals surface area contributed by atoms with Gasteiger partial charge in [0.15, 0.2) is 0 Å². The molecule has 0 unspecified atom stereocenters.